The van der Waals surface area contributed by atoms with E-state index >= 15 is 0 Å². The van der Waals surface area contributed by atoms with E-state index in [9.17, 15) is 0 Å². The van der Waals surface area contributed by atoms with Crippen molar-refractivity contribution in [3.63, 3.8) is 0 Å². The first-order chi connectivity index (χ1) is 10.3. The van der Waals surface area contributed by atoms with Crippen LogP contribution in [0.4, 0.5) is 5.82 Å². The molecular formula is C18H31N3. The van der Waals surface area contributed by atoms with Crippen molar-refractivity contribution >= 4 is 5.82 Å². The Morgan fingerprint density at radius 2 is 2.19 bits per heavy atom. The van der Waals surface area contributed by atoms with Gasteiger partial charge >= 0.3 is 0 Å². The number of anilines is 1. The molecule has 0 aromatic carbocycles. The van der Waals surface area contributed by atoms with Crippen molar-refractivity contribution < 1.29 is 0 Å². The molecule has 0 aliphatic carbocycles. The summed E-state index contributed by atoms with van der Waals surface area (Å²) in [7, 11) is 0. The van der Waals surface area contributed by atoms with Crippen molar-refractivity contribution in [3.05, 3.63) is 23.9 Å². The molecule has 1 aliphatic rings. The molecule has 0 saturated carbocycles. The van der Waals surface area contributed by atoms with Crippen LogP contribution in [-0.4, -0.2) is 24.1 Å². The highest BCUT2D eigenvalue weighted by Gasteiger charge is 2.23. The number of nitrogens with one attached hydrogen (secondary N) is 1. The molecule has 2 rings (SSSR count). The summed E-state index contributed by atoms with van der Waals surface area (Å²) in [5.41, 5.74) is 1.36. The van der Waals surface area contributed by atoms with Gasteiger partial charge in [-0.3, -0.25) is 0 Å². The second kappa shape index (κ2) is 8.38. The Kier molecular flexibility index (Phi) is 6.50. The lowest BCUT2D eigenvalue weighted by Gasteiger charge is -2.37. The van der Waals surface area contributed by atoms with Crippen molar-refractivity contribution in [2.24, 2.45) is 0 Å². The summed E-state index contributed by atoms with van der Waals surface area (Å²) in [5, 5.41) is 3.57. The molecule has 3 heteroatoms. The summed E-state index contributed by atoms with van der Waals surface area (Å²) in [6.45, 7) is 8.97. The fourth-order valence-corrected chi connectivity index (χ4v) is 3.27. The van der Waals surface area contributed by atoms with Crippen molar-refractivity contribution in [2.75, 3.05) is 18.0 Å². The molecule has 1 aromatic rings. The van der Waals surface area contributed by atoms with Gasteiger partial charge in [0.2, 0.25) is 0 Å². The number of hydrogen-bond donors (Lipinski definition) is 1. The first kappa shape index (κ1) is 16.3. The van der Waals surface area contributed by atoms with E-state index in [1.165, 1.54) is 49.9 Å². The van der Waals surface area contributed by atoms with Gasteiger partial charge < -0.3 is 10.2 Å². The average molecular weight is 289 g/mol. The predicted octanol–water partition coefficient (Wildman–Crippen LogP) is 4.30. The van der Waals surface area contributed by atoms with Crippen LogP contribution >= 0.6 is 0 Å². The molecule has 1 aromatic heterocycles. The summed E-state index contributed by atoms with van der Waals surface area (Å²) >= 11 is 0. The van der Waals surface area contributed by atoms with Crippen LogP contribution in [0.5, 0.6) is 0 Å². The van der Waals surface area contributed by atoms with Gasteiger partial charge in [0, 0.05) is 24.8 Å². The van der Waals surface area contributed by atoms with E-state index in [2.05, 4.69) is 48.1 Å². The number of rotatable bonds is 7. The van der Waals surface area contributed by atoms with Crippen LogP contribution in [0.1, 0.15) is 70.9 Å². The van der Waals surface area contributed by atoms with E-state index in [1.807, 2.05) is 6.20 Å². The summed E-state index contributed by atoms with van der Waals surface area (Å²) in [6.07, 6.45) is 9.69. The molecule has 1 fully saturated rings. The lowest BCUT2D eigenvalue weighted by atomic mass is 9.98. The van der Waals surface area contributed by atoms with Crippen LogP contribution < -0.4 is 10.2 Å². The summed E-state index contributed by atoms with van der Waals surface area (Å²) in [6, 6.07) is 5.53. The topological polar surface area (TPSA) is 28.2 Å². The van der Waals surface area contributed by atoms with Crippen LogP contribution in [0.3, 0.4) is 0 Å². The number of piperidine rings is 1. The largest absolute Gasteiger partial charge is 0.354 e. The highest BCUT2D eigenvalue weighted by atomic mass is 15.2. The Balaban J connectivity index is 2.11. The van der Waals surface area contributed by atoms with Gasteiger partial charge in [-0.1, -0.05) is 20.3 Å². The molecule has 0 radical (unpaired) electrons. The zero-order valence-corrected chi connectivity index (χ0v) is 13.9. The first-order valence-corrected chi connectivity index (χ1v) is 8.72. The lowest BCUT2D eigenvalue weighted by molar-refractivity contribution is 0.431. The molecule has 0 amide bonds. The number of pyridine rings is 1. The molecule has 2 heterocycles. The molecule has 0 bridgehead atoms. The Morgan fingerprint density at radius 1 is 1.33 bits per heavy atom. The minimum absolute atomic E-state index is 0.404. The van der Waals surface area contributed by atoms with Crippen LogP contribution in [0.2, 0.25) is 0 Å². The van der Waals surface area contributed by atoms with E-state index in [-0.39, 0.29) is 0 Å². The number of nitrogens with zero attached hydrogens (tertiary/aromatic N) is 2. The van der Waals surface area contributed by atoms with Gasteiger partial charge in [0.25, 0.3) is 0 Å². The zero-order chi connectivity index (χ0) is 15.1. The highest BCUT2D eigenvalue weighted by molar-refractivity contribution is 5.43. The summed E-state index contributed by atoms with van der Waals surface area (Å²) < 4.78 is 0. The van der Waals surface area contributed by atoms with Gasteiger partial charge in [-0.2, -0.15) is 0 Å². The van der Waals surface area contributed by atoms with Crippen molar-refractivity contribution in [1.82, 2.24) is 10.3 Å². The monoisotopic (exact) mass is 289 g/mol. The molecule has 1 N–H and O–H groups in total. The fourth-order valence-electron chi connectivity index (χ4n) is 3.27. The normalized spacial score (nSPS) is 20.5. The van der Waals surface area contributed by atoms with Gasteiger partial charge in [-0.15, -0.1) is 0 Å². The van der Waals surface area contributed by atoms with Crippen molar-refractivity contribution in [3.8, 4) is 0 Å². The summed E-state index contributed by atoms with van der Waals surface area (Å²) in [5.74, 6) is 1.18. The molecule has 2 unspecified atom stereocenters. The van der Waals surface area contributed by atoms with Crippen LogP contribution in [-0.2, 0) is 0 Å². The standard InChI is InChI=1S/C18H31N3/c1-4-8-17-9-6-7-13-21(17)18-14-16(10-12-20-18)15(3)19-11-5-2/h10,12,14-15,17,19H,4-9,11,13H2,1-3H3. The second-order valence-electron chi connectivity index (χ2n) is 6.25. The fraction of sp³-hybridized carbons (Fsp3) is 0.722. The van der Waals surface area contributed by atoms with E-state index in [4.69, 9.17) is 0 Å². The number of hydrogen-bond acceptors (Lipinski definition) is 3. The minimum atomic E-state index is 0.404. The third-order valence-electron chi connectivity index (χ3n) is 4.51. The lowest BCUT2D eigenvalue weighted by Crippen LogP contribution is -2.40. The SMILES string of the molecule is CCCNC(C)c1ccnc(N2CCCCC2CCC)c1. The van der Waals surface area contributed by atoms with Gasteiger partial charge in [-0.05, 0) is 63.3 Å². The maximum atomic E-state index is 4.66. The number of aromatic nitrogens is 1. The van der Waals surface area contributed by atoms with Gasteiger partial charge in [-0.25, -0.2) is 4.98 Å². The van der Waals surface area contributed by atoms with Crippen LogP contribution in [0.15, 0.2) is 18.3 Å². The molecule has 3 nitrogen and oxygen atoms in total. The molecule has 2 atom stereocenters. The molecule has 21 heavy (non-hydrogen) atoms. The average Bonchev–Trinajstić information content (AvgIpc) is 2.53. The Bertz CT molecular complexity index is 417. The third kappa shape index (κ3) is 4.44. The van der Waals surface area contributed by atoms with E-state index in [0.717, 1.165) is 13.1 Å². The third-order valence-corrected chi connectivity index (χ3v) is 4.51. The maximum absolute atomic E-state index is 4.66. The molecule has 1 saturated heterocycles. The van der Waals surface area contributed by atoms with Gasteiger partial charge in [0.1, 0.15) is 5.82 Å². The first-order valence-electron chi connectivity index (χ1n) is 8.72. The van der Waals surface area contributed by atoms with Gasteiger partial charge in [0.15, 0.2) is 0 Å². The van der Waals surface area contributed by atoms with Crippen LogP contribution in [0.25, 0.3) is 0 Å². The van der Waals surface area contributed by atoms with Gasteiger partial charge in [0.05, 0.1) is 0 Å². The molecular weight excluding hydrogens is 258 g/mol. The Hall–Kier alpha value is -1.09. The Morgan fingerprint density at radius 3 is 2.95 bits per heavy atom. The maximum Gasteiger partial charge on any atom is 0.129 e. The summed E-state index contributed by atoms with van der Waals surface area (Å²) in [4.78, 5) is 7.20. The second-order valence-corrected chi connectivity index (χ2v) is 6.25. The van der Waals surface area contributed by atoms with E-state index in [0.29, 0.717) is 12.1 Å². The van der Waals surface area contributed by atoms with Crippen molar-refractivity contribution in [2.45, 2.75) is 71.4 Å². The molecule has 0 spiro atoms. The quantitative estimate of drug-likeness (QED) is 0.811. The van der Waals surface area contributed by atoms with Crippen LogP contribution in [0, 0.1) is 0 Å². The highest BCUT2D eigenvalue weighted by Crippen LogP contribution is 2.27. The van der Waals surface area contributed by atoms with Crippen molar-refractivity contribution in [1.29, 1.82) is 0 Å². The molecule has 118 valence electrons. The Labute approximate surface area is 130 Å². The van der Waals surface area contributed by atoms with E-state index in [1.54, 1.807) is 0 Å². The zero-order valence-electron chi connectivity index (χ0n) is 13.9. The smallest absolute Gasteiger partial charge is 0.129 e. The molecule has 1 aliphatic heterocycles. The van der Waals surface area contributed by atoms with E-state index < -0.39 is 0 Å². The minimum Gasteiger partial charge on any atom is -0.354 e. The predicted molar refractivity (Wildman–Crippen MR) is 90.8 cm³/mol.